The Morgan fingerprint density at radius 3 is 2.27 bits per heavy atom. The van der Waals surface area contributed by atoms with Crippen LogP contribution in [0.5, 0.6) is 5.75 Å². The first-order chi connectivity index (χ1) is 14.0. The molecule has 0 spiro atoms. The highest BCUT2D eigenvalue weighted by Gasteiger charge is 2.14. The third kappa shape index (κ3) is 8.49. The lowest BCUT2D eigenvalue weighted by Crippen LogP contribution is -2.39. The molecule has 0 radical (unpaired) electrons. The zero-order chi connectivity index (χ0) is 21.1. The van der Waals surface area contributed by atoms with Crippen molar-refractivity contribution in [3.63, 3.8) is 0 Å². The topological polar surface area (TPSA) is 69.1 Å². The molecular formula is C23H35IN4O2. The molecule has 30 heavy (non-hydrogen) atoms. The van der Waals surface area contributed by atoms with Gasteiger partial charge in [-0.05, 0) is 50.7 Å². The van der Waals surface area contributed by atoms with Crippen LogP contribution in [0.1, 0.15) is 36.6 Å². The predicted molar refractivity (Wildman–Crippen MR) is 135 cm³/mol. The van der Waals surface area contributed by atoms with Gasteiger partial charge in [-0.15, -0.1) is 24.0 Å². The average Bonchev–Trinajstić information content (AvgIpc) is 2.74. The summed E-state index contributed by atoms with van der Waals surface area (Å²) >= 11 is 0. The molecule has 6 nitrogen and oxygen atoms in total. The molecular weight excluding hydrogens is 491 g/mol. The van der Waals surface area contributed by atoms with Crippen molar-refractivity contribution in [1.29, 1.82) is 0 Å². The van der Waals surface area contributed by atoms with Gasteiger partial charge in [0.05, 0.1) is 25.8 Å². The largest absolute Gasteiger partial charge is 0.497 e. The fourth-order valence-corrected chi connectivity index (χ4v) is 3.08. The van der Waals surface area contributed by atoms with Crippen LogP contribution in [0, 0.1) is 0 Å². The normalized spacial score (nSPS) is 13.3. The Balaban J connectivity index is 0.00000450. The number of aliphatic hydroxyl groups is 1. The number of likely N-dealkylation sites (N-methyl/N-ethyl adjacent to an activating group) is 1. The van der Waals surface area contributed by atoms with E-state index in [4.69, 9.17) is 9.73 Å². The fraction of sp³-hybridized carbons (Fsp3) is 0.435. The molecule has 0 bridgehead atoms. The zero-order valence-corrected chi connectivity index (χ0v) is 20.7. The molecule has 0 fully saturated rings. The van der Waals surface area contributed by atoms with E-state index >= 15 is 0 Å². The van der Waals surface area contributed by atoms with E-state index in [-0.39, 0.29) is 30.0 Å². The molecule has 0 aliphatic carbocycles. The van der Waals surface area contributed by atoms with Crippen LogP contribution in [-0.4, -0.2) is 56.8 Å². The maximum atomic E-state index is 10.3. The summed E-state index contributed by atoms with van der Waals surface area (Å²) in [5.74, 6) is 1.61. The van der Waals surface area contributed by atoms with Crippen LogP contribution >= 0.6 is 24.0 Å². The second kappa shape index (κ2) is 14.2. The Labute approximate surface area is 197 Å². The lowest BCUT2D eigenvalue weighted by atomic mass is 10.1. The number of rotatable bonds is 10. The molecule has 0 heterocycles. The Morgan fingerprint density at radius 1 is 1.03 bits per heavy atom. The molecule has 0 saturated carbocycles. The van der Waals surface area contributed by atoms with Gasteiger partial charge in [0, 0.05) is 13.1 Å². The van der Waals surface area contributed by atoms with Gasteiger partial charge < -0.3 is 25.4 Å². The summed E-state index contributed by atoms with van der Waals surface area (Å²) in [5.41, 5.74) is 2.12. The van der Waals surface area contributed by atoms with Gasteiger partial charge in [-0.2, -0.15) is 0 Å². The van der Waals surface area contributed by atoms with E-state index in [0.29, 0.717) is 19.5 Å². The van der Waals surface area contributed by atoms with Crippen LogP contribution in [0.15, 0.2) is 59.6 Å². The van der Waals surface area contributed by atoms with E-state index in [9.17, 15) is 5.11 Å². The van der Waals surface area contributed by atoms with E-state index in [1.54, 1.807) is 7.11 Å². The number of aliphatic hydroxyl groups excluding tert-OH is 1. The standard InChI is InChI=1S/C23H34N4O2.HI/c1-5-24-23(25-16-15-22(28)19-9-7-6-8-10-19)26-17-21(27(2)3)18-11-13-20(29-4)14-12-18;/h6-14,21-22,28H,5,15-17H2,1-4H3,(H2,24,25,26);1H. The Morgan fingerprint density at radius 2 is 1.70 bits per heavy atom. The highest BCUT2D eigenvalue weighted by molar-refractivity contribution is 14.0. The summed E-state index contributed by atoms with van der Waals surface area (Å²) < 4.78 is 5.25. The lowest BCUT2D eigenvalue weighted by Gasteiger charge is -2.24. The molecule has 7 heteroatoms. The number of aliphatic imine (C=N–C) groups is 1. The number of halogens is 1. The predicted octanol–water partition coefficient (Wildman–Crippen LogP) is 3.59. The minimum absolute atomic E-state index is 0. The van der Waals surface area contributed by atoms with Crippen molar-refractivity contribution in [2.24, 2.45) is 4.99 Å². The minimum Gasteiger partial charge on any atom is -0.497 e. The zero-order valence-electron chi connectivity index (χ0n) is 18.3. The SMILES string of the molecule is CCNC(=NCC(c1ccc(OC)cc1)N(C)C)NCCC(O)c1ccccc1.I. The van der Waals surface area contributed by atoms with Gasteiger partial charge >= 0.3 is 0 Å². The van der Waals surface area contributed by atoms with Crippen LogP contribution in [0.4, 0.5) is 0 Å². The van der Waals surface area contributed by atoms with E-state index in [1.807, 2.05) is 49.4 Å². The monoisotopic (exact) mass is 526 g/mol. The van der Waals surface area contributed by atoms with E-state index < -0.39 is 6.10 Å². The van der Waals surface area contributed by atoms with Gasteiger partial charge in [-0.3, -0.25) is 4.99 Å². The molecule has 3 N–H and O–H groups in total. The highest BCUT2D eigenvalue weighted by atomic mass is 127. The Bertz CT molecular complexity index is 739. The number of nitrogens with zero attached hydrogens (tertiary/aromatic N) is 2. The molecule has 2 aromatic carbocycles. The van der Waals surface area contributed by atoms with Crippen molar-refractivity contribution in [2.45, 2.75) is 25.5 Å². The molecule has 2 unspecified atom stereocenters. The van der Waals surface area contributed by atoms with Crippen LogP contribution in [-0.2, 0) is 0 Å². The maximum Gasteiger partial charge on any atom is 0.191 e. The lowest BCUT2D eigenvalue weighted by molar-refractivity contribution is 0.168. The van der Waals surface area contributed by atoms with Crippen LogP contribution in [0.25, 0.3) is 0 Å². The van der Waals surface area contributed by atoms with Crippen LogP contribution in [0.2, 0.25) is 0 Å². The molecule has 0 aliphatic rings. The summed E-state index contributed by atoms with van der Waals surface area (Å²) in [6.45, 7) is 4.08. The van der Waals surface area contributed by atoms with Crippen molar-refractivity contribution in [3.05, 3.63) is 65.7 Å². The van der Waals surface area contributed by atoms with Gasteiger partial charge in [0.25, 0.3) is 0 Å². The highest BCUT2D eigenvalue weighted by Crippen LogP contribution is 2.21. The third-order valence-corrected chi connectivity index (χ3v) is 4.79. The minimum atomic E-state index is -0.486. The molecule has 0 amide bonds. The molecule has 0 aromatic heterocycles. The molecule has 2 atom stereocenters. The van der Waals surface area contributed by atoms with Gasteiger partial charge in [0.15, 0.2) is 5.96 Å². The van der Waals surface area contributed by atoms with E-state index in [0.717, 1.165) is 23.8 Å². The Hall–Kier alpha value is -1.84. The van der Waals surface area contributed by atoms with Gasteiger partial charge in [-0.1, -0.05) is 42.5 Å². The molecule has 2 aromatic rings. The van der Waals surface area contributed by atoms with Gasteiger partial charge in [0.1, 0.15) is 5.75 Å². The van der Waals surface area contributed by atoms with Crippen molar-refractivity contribution in [1.82, 2.24) is 15.5 Å². The summed E-state index contributed by atoms with van der Waals surface area (Å²) in [6.07, 6.45) is 0.129. The van der Waals surface area contributed by atoms with E-state index in [1.165, 1.54) is 5.56 Å². The maximum absolute atomic E-state index is 10.3. The van der Waals surface area contributed by atoms with E-state index in [2.05, 4.69) is 41.8 Å². The second-order valence-electron chi connectivity index (χ2n) is 7.11. The molecule has 2 rings (SSSR count). The van der Waals surface area contributed by atoms with Crippen LogP contribution in [0.3, 0.4) is 0 Å². The van der Waals surface area contributed by atoms with Crippen molar-refractivity contribution in [2.75, 3.05) is 40.8 Å². The average molecular weight is 526 g/mol. The van der Waals surface area contributed by atoms with Crippen molar-refractivity contribution < 1.29 is 9.84 Å². The van der Waals surface area contributed by atoms with Crippen molar-refractivity contribution >= 4 is 29.9 Å². The Kier molecular flexibility index (Phi) is 12.4. The van der Waals surface area contributed by atoms with Crippen LogP contribution < -0.4 is 15.4 Å². The number of methoxy groups -OCH3 is 1. The summed E-state index contributed by atoms with van der Waals surface area (Å²) in [6, 6.07) is 18.0. The van der Waals surface area contributed by atoms with Crippen molar-refractivity contribution in [3.8, 4) is 5.75 Å². The summed E-state index contributed by atoms with van der Waals surface area (Å²) in [7, 11) is 5.79. The van der Waals surface area contributed by atoms with Gasteiger partial charge in [-0.25, -0.2) is 0 Å². The molecule has 0 saturated heterocycles. The number of hydrogen-bond acceptors (Lipinski definition) is 4. The second-order valence-corrected chi connectivity index (χ2v) is 7.11. The number of guanidine groups is 1. The summed E-state index contributed by atoms with van der Waals surface area (Å²) in [5, 5.41) is 16.9. The number of ether oxygens (including phenoxy) is 1. The smallest absolute Gasteiger partial charge is 0.191 e. The summed E-state index contributed by atoms with van der Waals surface area (Å²) in [4.78, 5) is 6.92. The fourth-order valence-electron chi connectivity index (χ4n) is 3.08. The number of nitrogens with one attached hydrogen (secondary N) is 2. The first-order valence-electron chi connectivity index (χ1n) is 10.1. The number of benzene rings is 2. The third-order valence-electron chi connectivity index (χ3n) is 4.79. The first-order valence-corrected chi connectivity index (χ1v) is 10.1. The van der Waals surface area contributed by atoms with Gasteiger partial charge in [0.2, 0.25) is 0 Å². The first kappa shape index (κ1) is 26.2. The quantitative estimate of drug-likeness (QED) is 0.251. The molecule has 0 aliphatic heterocycles. The number of hydrogen-bond donors (Lipinski definition) is 3. The molecule has 166 valence electrons.